The number of aliphatic hydroxyl groups excluding tert-OH is 1. The molecule has 3 atom stereocenters. The first-order chi connectivity index (χ1) is 33.4. The highest BCUT2D eigenvalue weighted by Crippen LogP contribution is 2.37. The maximum Gasteiger partial charge on any atom is 0.254 e. The van der Waals surface area contributed by atoms with Gasteiger partial charge in [-0.3, -0.25) is 28.8 Å². The predicted octanol–water partition coefficient (Wildman–Crippen LogP) is 5.00. The number of unbranched alkanes of at least 4 members (excludes halogenated alkanes) is 2. The molecule has 70 heavy (non-hydrogen) atoms. The van der Waals surface area contributed by atoms with E-state index in [0.29, 0.717) is 59.9 Å². The number of methoxy groups -OCH3 is 1. The number of benzene rings is 2. The van der Waals surface area contributed by atoms with Crippen molar-refractivity contribution in [3.8, 4) is 16.2 Å². The van der Waals surface area contributed by atoms with E-state index in [2.05, 4.69) is 46.9 Å². The molecule has 9 N–H and O–H groups in total. The molecule has 0 bridgehead atoms. The Bertz CT molecular complexity index is 2710. The second-order valence-corrected chi connectivity index (χ2v) is 19.0. The highest BCUT2D eigenvalue weighted by Gasteiger charge is 2.54. The van der Waals surface area contributed by atoms with Crippen molar-refractivity contribution < 1.29 is 38.6 Å². The van der Waals surface area contributed by atoms with Crippen LogP contribution >= 0.6 is 11.3 Å². The Hall–Kier alpha value is -7.45. The quantitative estimate of drug-likeness (QED) is 0.0478. The average Bonchev–Trinajstić information content (AvgIpc) is 3.93. The van der Waals surface area contributed by atoms with Gasteiger partial charge < -0.3 is 52.4 Å². The zero-order valence-electron chi connectivity index (χ0n) is 40.4. The van der Waals surface area contributed by atoms with Crippen molar-refractivity contribution >= 4 is 69.8 Å². The van der Waals surface area contributed by atoms with Gasteiger partial charge in [0.05, 0.1) is 57.4 Å². The Morgan fingerprint density at radius 2 is 1.59 bits per heavy atom. The number of aromatic nitrogens is 3. The first-order valence-electron chi connectivity index (χ1n) is 22.9. The molecule has 6 rings (SSSR count). The number of β-amino-alcohol motifs (C(OH)–C–C–N with tert-alkyl or cyclic N) is 1. The van der Waals surface area contributed by atoms with Gasteiger partial charge in [-0.2, -0.15) is 0 Å². The van der Waals surface area contributed by atoms with Crippen LogP contribution in [0.2, 0.25) is 0 Å². The van der Waals surface area contributed by atoms with Gasteiger partial charge in [0.1, 0.15) is 23.2 Å². The lowest BCUT2D eigenvalue weighted by Gasteiger charge is -2.40. The molecule has 0 radical (unpaired) electrons. The van der Waals surface area contributed by atoms with Crippen LogP contribution in [0, 0.1) is 12.3 Å². The minimum Gasteiger partial charge on any atom is -0.494 e. The van der Waals surface area contributed by atoms with Crippen molar-refractivity contribution in [1.82, 2.24) is 41.1 Å². The highest BCUT2D eigenvalue weighted by atomic mass is 32.1. The summed E-state index contributed by atoms with van der Waals surface area (Å²) in [6, 6.07) is 16.5. The summed E-state index contributed by atoms with van der Waals surface area (Å²) in [5.41, 5.74) is 9.91. The Morgan fingerprint density at radius 1 is 0.871 bits per heavy atom. The van der Waals surface area contributed by atoms with Crippen molar-refractivity contribution in [2.24, 2.45) is 11.1 Å². The van der Waals surface area contributed by atoms with Gasteiger partial charge in [0.2, 0.25) is 17.7 Å². The average molecular weight is 976 g/mol. The number of carbonyl (C=O) groups excluding carboxylic acids is 6. The first kappa shape index (κ1) is 51.9. The molecule has 0 unspecified atom stereocenters. The summed E-state index contributed by atoms with van der Waals surface area (Å²) in [5, 5.41) is 28.1. The molecule has 0 saturated carbocycles. The molecule has 1 aliphatic heterocycles. The Morgan fingerprint density at radius 3 is 2.21 bits per heavy atom. The monoisotopic (exact) mass is 975 g/mol. The molecule has 2 aromatic carbocycles. The van der Waals surface area contributed by atoms with E-state index in [0.717, 1.165) is 21.7 Å². The standard InChI is InChI=1S/C50H61N11O8S/c1-29-42(70-28-57-29)31-17-15-30(16-18-31)23-50(48(51)68)24-33(62)27-61(50)47(67)43(49(2,3)4)60-40(63)14-9-8-10-21-54-44(64)32-19-20-38(55-25-32)59-39-22-37(35(26-56-39)46(66)53-6)58-36-13-11-12-34(41(36)69-7)45(65)52-5/h11-13,15-20,22,25-26,28,33,43,62H,8-10,14,21,23-24,27H2,1-7H3,(H2,51,68)(H,52,65)(H,53,66)(H,54,64)(H,60,63)(H2,55,56,58,59)/t33-,43-,50+/m1/s1. The van der Waals surface area contributed by atoms with E-state index < -0.39 is 40.8 Å². The largest absolute Gasteiger partial charge is 0.494 e. The van der Waals surface area contributed by atoms with Gasteiger partial charge >= 0.3 is 0 Å². The van der Waals surface area contributed by atoms with Crippen molar-refractivity contribution in [3.05, 3.63) is 107 Å². The van der Waals surface area contributed by atoms with E-state index >= 15 is 0 Å². The van der Waals surface area contributed by atoms with E-state index in [-0.39, 0.29) is 54.8 Å². The molecule has 4 heterocycles. The third kappa shape index (κ3) is 12.2. The van der Waals surface area contributed by atoms with Crippen LogP contribution in [0.15, 0.2) is 78.6 Å². The fraction of sp³-hybridized carbons (Fsp3) is 0.380. The van der Waals surface area contributed by atoms with Crippen molar-refractivity contribution in [1.29, 1.82) is 0 Å². The van der Waals surface area contributed by atoms with Gasteiger partial charge in [0.15, 0.2) is 5.75 Å². The number of pyridine rings is 2. The number of nitrogens with one attached hydrogen (secondary N) is 6. The number of carbonyl (C=O) groups is 6. The Labute approximate surface area is 410 Å². The molecule has 6 amide bonds. The number of anilines is 4. The summed E-state index contributed by atoms with van der Waals surface area (Å²) in [7, 11) is 4.46. The van der Waals surface area contributed by atoms with Crippen LogP contribution in [-0.4, -0.2) is 112 Å². The molecule has 3 aromatic heterocycles. The lowest BCUT2D eigenvalue weighted by Crippen LogP contribution is -2.63. The van der Waals surface area contributed by atoms with Gasteiger partial charge in [-0.1, -0.05) is 57.5 Å². The van der Waals surface area contributed by atoms with Crippen LogP contribution < -0.4 is 42.4 Å². The Kier molecular flexibility index (Phi) is 16.9. The molecule has 5 aromatic rings. The lowest BCUT2D eigenvalue weighted by molar-refractivity contribution is -0.148. The molecule has 0 aliphatic carbocycles. The summed E-state index contributed by atoms with van der Waals surface area (Å²) < 4.78 is 5.54. The minimum atomic E-state index is -1.50. The van der Waals surface area contributed by atoms with Crippen LogP contribution in [0.3, 0.4) is 0 Å². The molecular formula is C50H61N11O8S. The minimum absolute atomic E-state index is 0.0316. The number of para-hydroxylation sites is 1. The van der Waals surface area contributed by atoms with Gasteiger partial charge in [0, 0.05) is 64.9 Å². The first-order valence-corrected chi connectivity index (χ1v) is 23.7. The predicted molar refractivity (Wildman–Crippen MR) is 267 cm³/mol. The number of nitrogens with two attached hydrogens (primary N) is 1. The number of hydrogen-bond donors (Lipinski definition) is 8. The topological polar surface area (TPSA) is 272 Å². The van der Waals surface area contributed by atoms with Crippen LogP contribution in [0.5, 0.6) is 5.75 Å². The maximum absolute atomic E-state index is 14.4. The molecule has 1 saturated heterocycles. The third-order valence-electron chi connectivity index (χ3n) is 12.1. The number of aryl methyl sites for hydroxylation is 1. The zero-order valence-corrected chi connectivity index (χ0v) is 41.2. The van der Waals surface area contributed by atoms with E-state index in [1.165, 1.54) is 49.8 Å². The summed E-state index contributed by atoms with van der Waals surface area (Å²) in [6.45, 7) is 7.66. The Balaban J connectivity index is 0.993. The molecule has 19 nitrogen and oxygen atoms in total. The lowest BCUT2D eigenvalue weighted by atomic mass is 9.82. The van der Waals surface area contributed by atoms with Crippen LogP contribution in [-0.2, 0) is 20.8 Å². The van der Waals surface area contributed by atoms with E-state index in [9.17, 15) is 33.9 Å². The molecular weight excluding hydrogens is 915 g/mol. The van der Waals surface area contributed by atoms with Crippen molar-refractivity contribution in [2.75, 3.05) is 44.9 Å². The highest BCUT2D eigenvalue weighted by molar-refractivity contribution is 7.13. The molecule has 1 aliphatic rings. The summed E-state index contributed by atoms with van der Waals surface area (Å²) in [6.07, 6.45) is 3.71. The number of aliphatic hydroxyl groups is 1. The summed E-state index contributed by atoms with van der Waals surface area (Å²) in [4.78, 5) is 94.7. The van der Waals surface area contributed by atoms with Crippen molar-refractivity contribution in [2.45, 2.75) is 83.9 Å². The zero-order chi connectivity index (χ0) is 50.8. The third-order valence-corrected chi connectivity index (χ3v) is 13.0. The van der Waals surface area contributed by atoms with Gasteiger partial charge in [0.25, 0.3) is 17.7 Å². The normalized spacial score (nSPS) is 15.9. The second kappa shape index (κ2) is 22.8. The van der Waals surface area contributed by atoms with E-state index in [1.807, 2.05) is 52.0 Å². The van der Waals surface area contributed by atoms with Gasteiger partial charge in [-0.25, -0.2) is 15.0 Å². The number of amides is 6. The number of rotatable bonds is 20. The number of nitrogens with zero attached hydrogens (tertiary/aromatic N) is 4. The molecule has 0 spiro atoms. The van der Waals surface area contributed by atoms with E-state index in [4.69, 9.17) is 10.5 Å². The van der Waals surface area contributed by atoms with Crippen LogP contribution in [0.4, 0.5) is 23.0 Å². The van der Waals surface area contributed by atoms with Crippen LogP contribution in [0.1, 0.15) is 95.2 Å². The molecule has 1 fully saturated rings. The SMILES string of the molecule is CNC(=O)c1cnc(Nc2ccc(C(=O)NCCCCCC(=O)N[C@H](C(=O)N3C[C@H](O)C[C@@]3(Cc3ccc(-c4scnc4C)cc3)C(N)=O)C(C)(C)C)cn2)cc1Nc1cccc(C(=O)NC)c1OC. The second-order valence-electron chi connectivity index (χ2n) is 18.1. The summed E-state index contributed by atoms with van der Waals surface area (Å²) in [5.74, 6) is -1.64. The molecule has 370 valence electrons. The van der Waals surface area contributed by atoms with Crippen molar-refractivity contribution in [3.63, 3.8) is 0 Å². The number of primary amides is 1. The fourth-order valence-corrected chi connectivity index (χ4v) is 9.16. The van der Waals surface area contributed by atoms with E-state index in [1.54, 1.807) is 41.9 Å². The number of likely N-dealkylation sites (tertiary alicyclic amines) is 1. The smallest absolute Gasteiger partial charge is 0.254 e. The van der Waals surface area contributed by atoms with Gasteiger partial charge in [-0.15, -0.1) is 11.3 Å². The molecule has 20 heteroatoms. The van der Waals surface area contributed by atoms with Crippen LogP contribution in [0.25, 0.3) is 10.4 Å². The maximum atomic E-state index is 14.4. The number of thiazole rings is 1. The number of hydrogen-bond acceptors (Lipinski definition) is 14. The number of ether oxygens (including phenoxy) is 1. The van der Waals surface area contributed by atoms with Gasteiger partial charge in [-0.05, 0) is 60.6 Å². The summed E-state index contributed by atoms with van der Waals surface area (Å²) >= 11 is 1.53. The fourth-order valence-electron chi connectivity index (χ4n) is 8.35.